The fraction of sp³-hybridized carbons (Fsp3) is 0.583. The van der Waals surface area contributed by atoms with Crippen LogP contribution in [0.2, 0.25) is 0 Å². The Labute approximate surface area is 210 Å². The Bertz CT molecular complexity index is 1070. The lowest BCUT2D eigenvalue weighted by Gasteiger charge is -2.32. The van der Waals surface area contributed by atoms with E-state index < -0.39 is 0 Å². The third-order valence-electron chi connectivity index (χ3n) is 5.74. The Hall–Kier alpha value is -2.92. The first kappa shape index (κ1) is 26.7. The average Bonchev–Trinajstić information content (AvgIpc) is 3.26. The van der Waals surface area contributed by atoms with E-state index in [9.17, 15) is 14.4 Å². The Balaban J connectivity index is 1.63. The predicted octanol–water partition coefficient (Wildman–Crippen LogP) is 2.87. The van der Waals surface area contributed by atoms with E-state index in [2.05, 4.69) is 41.7 Å². The molecule has 2 N–H and O–H groups in total. The zero-order chi connectivity index (χ0) is 25.8. The lowest BCUT2D eigenvalue weighted by molar-refractivity contribution is -0.135. The van der Waals surface area contributed by atoms with Crippen LogP contribution in [-0.4, -0.2) is 70.0 Å². The Morgan fingerprint density at radius 2 is 1.80 bits per heavy atom. The summed E-state index contributed by atoms with van der Waals surface area (Å²) in [4.78, 5) is 44.0. The monoisotopic (exact) mass is 501 g/mol. The quantitative estimate of drug-likeness (QED) is 0.560. The maximum absolute atomic E-state index is 13.1. The molecule has 2 aromatic heterocycles. The lowest BCUT2D eigenvalue weighted by atomic mass is 9.89. The summed E-state index contributed by atoms with van der Waals surface area (Å²) in [7, 11) is 3.46. The molecule has 3 rings (SSSR count). The van der Waals surface area contributed by atoms with Gasteiger partial charge < -0.3 is 4.90 Å². The zero-order valence-electron chi connectivity index (χ0n) is 21.3. The van der Waals surface area contributed by atoms with Crippen molar-refractivity contribution in [2.45, 2.75) is 64.7 Å². The number of piperidine rings is 1. The van der Waals surface area contributed by atoms with Gasteiger partial charge in [0.15, 0.2) is 0 Å². The molecule has 2 aromatic rings. The highest BCUT2D eigenvalue weighted by Gasteiger charge is 2.28. The summed E-state index contributed by atoms with van der Waals surface area (Å²) in [5, 5.41) is 14.1. The third-order valence-corrected chi connectivity index (χ3v) is 7.01. The molecule has 3 amide bonds. The zero-order valence-corrected chi connectivity index (χ0v) is 22.2. The molecular formula is C24H35N7O3S. The van der Waals surface area contributed by atoms with Gasteiger partial charge >= 0.3 is 0 Å². The van der Waals surface area contributed by atoms with E-state index >= 15 is 0 Å². The van der Waals surface area contributed by atoms with Crippen LogP contribution in [0.25, 0.3) is 0 Å². The lowest BCUT2D eigenvalue weighted by Crippen LogP contribution is -2.40. The van der Waals surface area contributed by atoms with Crippen LogP contribution in [0, 0.1) is 6.92 Å². The fourth-order valence-corrected chi connectivity index (χ4v) is 4.70. The molecule has 35 heavy (non-hydrogen) atoms. The molecule has 10 nitrogen and oxygen atoms in total. The molecule has 0 saturated carbocycles. The highest BCUT2D eigenvalue weighted by atomic mass is 32.1. The molecule has 0 aromatic carbocycles. The van der Waals surface area contributed by atoms with E-state index in [-0.39, 0.29) is 41.9 Å². The number of carbonyl (C=O) groups excluding carboxylic acids is 3. The number of hydrogen-bond donors (Lipinski definition) is 2. The van der Waals surface area contributed by atoms with Gasteiger partial charge in [0.05, 0.1) is 11.3 Å². The number of amides is 3. The molecule has 1 saturated heterocycles. The Kier molecular flexibility index (Phi) is 8.55. The molecule has 0 atom stereocenters. The minimum Gasteiger partial charge on any atom is -0.343 e. The van der Waals surface area contributed by atoms with Crippen molar-refractivity contribution >= 4 is 34.2 Å². The van der Waals surface area contributed by atoms with Gasteiger partial charge in [0.2, 0.25) is 16.9 Å². The van der Waals surface area contributed by atoms with E-state index in [4.69, 9.17) is 4.98 Å². The van der Waals surface area contributed by atoms with Gasteiger partial charge in [-0.05, 0) is 31.9 Å². The van der Waals surface area contributed by atoms with Crippen molar-refractivity contribution < 1.29 is 14.4 Å². The van der Waals surface area contributed by atoms with Crippen molar-refractivity contribution in [3.05, 3.63) is 34.1 Å². The number of nitrogens with zero attached hydrogens (tertiary/aromatic N) is 5. The number of aryl methyl sites for hydroxylation is 1. The second kappa shape index (κ2) is 11.2. The molecular weight excluding hydrogens is 466 g/mol. The van der Waals surface area contributed by atoms with E-state index in [0.29, 0.717) is 36.6 Å². The fourth-order valence-electron chi connectivity index (χ4n) is 3.91. The maximum Gasteiger partial charge on any atom is 0.259 e. The van der Waals surface area contributed by atoms with Gasteiger partial charge in [-0.3, -0.25) is 30.1 Å². The van der Waals surface area contributed by atoms with Gasteiger partial charge in [0.1, 0.15) is 5.01 Å². The standard InChI is InChI=1S/C24H35N7O3S/c1-15-7-8-17(21(34)26-23-28-27-22(35-23)24(2,3)4)20(25-15)16-11-13-31(14-12-16)19(33)10-9-18(32)29-30(5)6/h7-8,16H,9-14H2,1-6H3,(H,29,32)(H,26,28,34). The van der Waals surface area contributed by atoms with Gasteiger partial charge in [0.25, 0.3) is 5.91 Å². The first-order chi connectivity index (χ1) is 16.4. The van der Waals surface area contributed by atoms with Crippen LogP contribution < -0.4 is 10.7 Å². The molecule has 0 bridgehead atoms. The maximum atomic E-state index is 13.1. The molecule has 0 radical (unpaired) electrons. The average molecular weight is 502 g/mol. The van der Waals surface area contributed by atoms with E-state index in [1.54, 1.807) is 30.1 Å². The molecule has 11 heteroatoms. The number of nitrogens with one attached hydrogen (secondary N) is 2. The number of aromatic nitrogens is 3. The Morgan fingerprint density at radius 1 is 1.11 bits per heavy atom. The van der Waals surface area contributed by atoms with Gasteiger partial charge in [-0.2, -0.15) is 0 Å². The highest BCUT2D eigenvalue weighted by molar-refractivity contribution is 7.15. The summed E-state index contributed by atoms with van der Waals surface area (Å²) in [6.07, 6.45) is 1.75. The third kappa shape index (κ3) is 7.28. The SMILES string of the molecule is Cc1ccc(C(=O)Nc2nnc(C(C)(C)C)s2)c(C2CCN(C(=O)CCC(=O)NN(C)C)CC2)n1. The molecule has 1 aliphatic heterocycles. The first-order valence-corrected chi connectivity index (χ1v) is 12.6. The van der Waals surface area contributed by atoms with Crippen molar-refractivity contribution in [1.29, 1.82) is 0 Å². The van der Waals surface area contributed by atoms with Crippen LogP contribution in [0.1, 0.15) is 79.1 Å². The molecule has 0 unspecified atom stereocenters. The second-order valence-electron chi connectivity index (χ2n) is 10.1. The highest BCUT2D eigenvalue weighted by Crippen LogP contribution is 2.31. The van der Waals surface area contributed by atoms with E-state index in [0.717, 1.165) is 16.4 Å². The molecule has 190 valence electrons. The van der Waals surface area contributed by atoms with Crippen LogP contribution in [-0.2, 0) is 15.0 Å². The van der Waals surface area contributed by atoms with Crippen molar-refractivity contribution in [3.63, 3.8) is 0 Å². The second-order valence-corrected chi connectivity index (χ2v) is 11.1. The number of hydrogen-bond acceptors (Lipinski definition) is 8. The minimum absolute atomic E-state index is 0.0292. The number of rotatable bonds is 7. The number of hydrazine groups is 1. The summed E-state index contributed by atoms with van der Waals surface area (Å²) >= 11 is 1.37. The van der Waals surface area contributed by atoms with E-state index in [1.807, 2.05) is 13.0 Å². The molecule has 3 heterocycles. The van der Waals surface area contributed by atoms with Gasteiger partial charge in [-0.15, -0.1) is 10.2 Å². The van der Waals surface area contributed by atoms with Crippen molar-refractivity contribution in [1.82, 2.24) is 30.5 Å². The molecule has 1 aliphatic rings. The first-order valence-electron chi connectivity index (χ1n) is 11.8. The predicted molar refractivity (Wildman–Crippen MR) is 135 cm³/mol. The summed E-state index contributed by atoms with van der Waals surface area (Å²) in [5.74, 6) is -0.396. The number of anilines is 1. The van der Waals surface area contributed by atoms with Crippen LogP contribution in [0.15, 0.2) is 12.1 Å². The van der Waals surface area contributed by atoms with Gasteiger partial charge in [-0.1, -0.05) is 32.1 Å². The van der Waals surface area contributed by atoms with Crippen LogP contribution in [0.4, 0.5) is 5.13 Å². The molecule has 1 fully saturated rings. The van der Waals surface area contributed by atoms with E-state index in [1.165, 1.54) is 11.3 Å². The summed E-state index contributed by atoms with van der Waals surface area (Å²) in [5.41, 5.74) is 4.62. The van der Waals surface area contributed by atoms with Gasteiger partial charge in [0, 0.05) is 57.1 Å². The topological polar surface area (TPSA) is 120 Å². The minimum atomic E-state index is -0.255. The van der Waals surface area contributed by atoms with Crippen molar-refractivity contribution in [3.8, 4) is 0 Å². The molecule has 0 aliphatic carbocycles. The van der Waals surface area contributed by atoms with Gasteiger partial charge in [-0.25, -0.2) is 5.01 Å². The van der Waals surface area contributed by atoms with Crippen LogP contribution in [0.5, 0.6) is 0 Å². The van der Waals surface area contributed by atoms with Crippen molar-refractivity contribution in [2.24, 2.45) is 0 Å². The number of likely N-dealkylation sites (tertiary alicyclic amines) is 1. The largest absolute Gasteiger partial charge is 0.343 e. The molecule has 0 spiro atoms. The summed E-state index contributed by atoms with van der Waals surface area (Å²) < 4.78 is 0. The smallest absolute Gasteiger partial charge is 0.259 e. The van der Waals surface area contributed by atoms with Crippen LogP contribution >= 0.6 is 11.3 Å². The normalized spacial score (nSPS) is 14.8. The number of pyridine rings is 1. The Morgan fingerprint density at radius 3 is 2.40 bits per heavy atom. The summed E-state index contributed by atoms with van der Waals surface area (Å²) in [6, 6.07) is 3.64. The van der Waals surface area contributed by atoms with Crippen LogP contribution in [0.3, 0.4) is 0 Å². The summed E-state index contributed by atoms with van der Waals surface area (Å²) in [6.45, 7) is 9.20. The number of carbonyl (C=O) groups is 3. The van der Waals surface area contributed by atoms with Crippen molar-refractivity contribution in [2.75, 3.05) is 32.5 Å².